The Labute approximate surface area is 159 Å². The summed E-state index contributed by atoms with van der Waals surface area (Å²) in [5.41, 5.74) is -0.535. The first kappa shape index (κ1) is 22.1. The molecule has 0 spiro atoms. The van der Waals surface area contributed by atoms with E-state index < -0.39 is 35.7 Å². The van der Waals surface area contributed by atoms with Gasteiger partial charge in [0.25, 0.3) is 0 Å². The number of aliphatic imine (C=N–C) groups is 1. The first-order valence-electron chi connectivity index (χ1n) is 3.80. The topological polar surface area (TPSA) is 127 Å². The van der Waals surface area contributed by atoms with Gasteiger partial charge in [-0.15, -0.1) is 0 Å². The first-order chi connectivity index (χ1) is 7.66. The van der Waals surface area contributed by atoms with Crippen LogP contribution in [0.15, 0.2) is 33.0 Å². The first-order valence-corrected chi connectivity index (χ1v) is 7.02. The second-order valence-electron chi connectivity index (χ2n) is 2.74. The maximum Gasteiger partial charge on any atom is 1.00 e. The Morgan fingerprint density at radius 1 is 1.05 bits per heavy atom. The van der Waals surface area contributed by atoms with E-state index in [2.05, 4.69) is 17.2 Å². The number of hydrogen-bond acceptors (Lipinski definition) is 8. The molecule has 0 amide bonds. The molecular weight excluding hydrogens is 336 g/mol. The quantitative estimate of drug-likeness (QED) is 0.232. The number of nitrogens with zero attached hydrogens (tertiary/aromatic N) is 1. The summed E-state index contributed by atoms with van der Waals surface area (Å²) in [5, 5.41) is 1.78. The molecular formula is C7H3NNa2O6S3. The molecule has 7 nitrogen and oxygen atoms in total. The van der Waals surface area contributed by atoms with E-state index in [-0.39, 0.29) is 59.1 Å². The fourth-order valence-electron chi connectivity index (χ4n) is 1.00. The predicted molar refractivity (Wildman–Crippen MR) is 57.1 cm³/mol. The summed E-state index contributed by atoms with van der Waals surface area (Å²) in [6, 6.07) is 2.03. The monoisotopic (exact) mass is 339 g/mol. The van der Waals surface area contributed by atoms with Crippen LogP contribution in [0.3, 0.4) is 0 Å². The van der Waals surface area contributed by atoms with Gasteiger partial charge in [0.15, 0.2) is 0 Å². The number of isothiocyanates is 1. The molecule has 12 heteroatoms. The molecule has 0 aromatic heterocycles. The van der Waals surface area contributed by atoms with Gasteiger partial charge in [0, 0.05) is 0 Å². The number of thiocarbonyl (C=S) groups is 1. The van der Waals surface area contributed by atoms with Crippen LogP contribution >= 0.6 is 12.2 Å². The van der Waals surface area contributed by atoms with Gasteiger partial charge < -0.3 is 9.11 Å². The Morgan fingerprint density at radius 3 is 1.95 bits per heavy atom. The maximum atomic E-state index is 10.8. The molecule has 0 bridgehead atoms. The standard InChI is InChI=1S/C7H5NO6S3.2Na/c9-16(10,11)5-1-2-7(17(12,13)14)6(3-5)8-4-15;;/h1-3H,(H,9,10,11)(H,12,13,14);;/q;2*+1/p-2. The van der Waals surface area contributed by atoms with E-state index in [4.69, 9.17) is 0 Å². The SMILES string of the molecule is O=S(=O)([O-])c1ccc(S(=O)(=O)[O-])c(N=C=S)c1.[Na+].[Na+]. The van der Waals surface area contributed by atoms with Crippen molar-refractivity contribution in [3.8, 4) is 0 Å². The van der Waals surface area contributed by atoms with Crippen LogP contribution in [0.5, 0.6) is 0 Å². The molecule has 0 atom stereocenters. The maximum absolute atomic E-state index is 10.8. The van der Waals surface area contributed by atoms with Gasteiger partial charge in [-0.1, -0.05) is 0 Å². The molecule has 0 radical (unpaired) electrons. The van der Waals surface area contributed by atoms with Crippen molar-refractivity contribution in [1.29, 1.82) is 0 Å². The number of rotatable bonds is 3. The molecule has 0 N–H and O–H groups in total. The summed E-state index contributed by atoms with van der Waals surface area (Å²) in [7, 11) is -9.62. The van der Waals surface area contributed by atoms with Gasteiger partial charge in [-0.2, -0.15) is 4.99 Å². The van der Waals surface area contributed by atoms with Crippen molar-refractivity contribution in [2.75, 3.05) is 0 Å². The van der Waals surface area contributed by atoms with E-state index in [0.29, 0.717) is 18.2 Å². The van der Waals surface area contributed by atoms with Gasteiger partial charge in [-0.25, -0.2) is 16.8 Å². The van der Waals surface area contributed by atoms with Crippen molar-refractivity contribution in [1.82, 2.24) is 0 Å². The summed E-state index contributed by atoms with van der Waals surface area (Å²) in [5.74, 6) is 0. The molecule has 0 aliphatic carbocycles. The largest absolute Gasteiger partial charge is 1.00 e. The molecule has 92 valence electrons. The molecule has 19 heavy (non-hydrogen) atoms. The summed E-state index contributed by atoms with van der Waals surface area (Å²) < 4.78 is 64.4. The van der Waals surface area contributed by atoms with E-state index >= 15 is 0 Å². The zero-order valence-electron chi connectivity index (χ0n) is 9.85. The molecule has 0 saturated heterocycles. The van der Waals surface area contributed by atoms with Crippen molar-refractivity contribution in [2.24, 2.45) is 4.99 Å². The van der Waals surface area contributed by atoms with Gasteiger partial charge in [-0.05, 0) is 30.4 Å². The van der Waals surface area contributed by atoms with Crippen molar-refractivity contribution >= 4 is 43.3 Å². The van der Waals surface area contributed by atoms with Crippen LogP contribution in [0.1, 0.15) is 0 Å². The minimum Gasteiger partial charge on any atom is -0.744 e. The normalized spacial score (nSPS) is 10.6. The average Bonchev–Trinajstić information content (AvgIpc) is 2.15. The molecule has 0 unspecified atom stereocenters. The van der Waals surface area contributed by atoms with Gasteiger partial charge in [0.05, 0.1) is 20.6 Å². The molecule has 0 aliphatic heterocycles. The van der Waals surface area contributed by atoms with E-state index in [1.54, 1.807) is 5.16 Å². The van der Waals surface area contributed by atoms with Gasteiger partial charge in [0.2, 0.25) is 0 Å². The second-order valence-corrected chi connectivity index (χ2v) is 5.65. The van der Waals surface area contributed by atoms with Gasteiger partial charge in [-0.3, -0.25) is 0 Å². The Bertz CT molecular complexity index is 708. The third kappa shape index (κ3) is 6.42. The van der Waals surface area contributed by atoms with Crippen LogP contribution in [-0.4, -0.2) is 31.1 Å². The summed E-state index contributed by atoms with van der Waals surface area (Å²) in [6.07, 6.45) is 0. The minimum atomic E-state index is -4.84. The summed E-state index contributed by atoms with van der Waals surface area (Å²) >= 11 is 4.21. The summed E-state index contributed by atoms with van der Waals surface area (Å²) in [6.45, 7) is 0. The third-order valence-corrected chi connectivity index (χ3v) is 3.46. The summed E-state index contributed by atoms with van der Waals surface area (Å²) in [4.78, 5) is 1.74. The van der Waals surface area contributed by atoms with Crippen LogP contribution in [0.2, 0.25) is 0 Å². The van der Waals surface area contributed by atoms with Crippen molar-refractivity contribution in [3.63, 3.8) is 0 Å². The fraction of sp³-hybridized carbons (Fsp3) is 0. The zero-order valence-corrected chi connectivity index (χ0v) is 16.3. The van der Waals surface area contributed by atoms with Crippen molar-refractivity contribution in [2.45, 2.75) is 9.79 Å². The van der Waals surface area contributed by atoms with Crippen molar-refractivity contribution < 1.29 is 85.1 Å². The predicted octanol–water partition coefficient (Wildman–Crippen LogP) is -5.76. The smallest absolute Gasteiger partial charge is 0.744 e. The van der Waals surface area contributed by atoms with Crippen LogP contribution in [0.4, 0.5) is 5.69 Å². The number of benzene rings is 1. The van der Waals surface area contributed by atoms with Crippen molar-refractivity contribution in [3.05, 3.63) is 18.2 Å². The van der Waals surface area contributed by atoms with Crippen LogP contribution in [0, 0.1) is 0 Å². The molecule has 1 rings (SSSR count). The fourth-order valence-corrected chi connectivity index (χ4v) is 2.19. The molecule has 1 aromatic rings. The van der Waals surface area contributed by atoms with E-state index in [1.165, 1.54) is 0 Å². The minimum absolute atomic E-state index is 0. The molecule has 1 aromatic carbocycles. The van der Waals surface area contributed by atoms with Gasteiger partial charge >= 0.3 is 59.1 Å². The molecule has 0 fully saturated rings. The number of hydrogen-bond donors (Lipinski definition) is 0. The van der Waals surface area contributed by atoms with E-state index in [9.17, 15) is 25.9 Å². The average molecular weight is 339 g/mol. The Morgan fingerprint density at radius 2 is 1.58 bits per heavy atom. The molecule has 0 saturated carbocycles. The molecule has 0 aliphatic rings. The van der Waals surface area contributed by atoms with Gasteiger partial charge in [0.1, 0.15) is 20.2 Å². The Kier molecular flexibility index (Phi) is 9.69. The second kappa shape index (κ2) is 8.32. The zero-order chi connectivity index (χ0) is 13.3. The molecule has 0 heterocycles. The van der Waals surface area contributed by atoms with Crippen LogP contribution < -0.4 is 59.1 Å². The van der Waals surface area contributed by atoms with Crippen LogP contribution in [0.25, 0.3) is 0 Å². The third-order valence-electron chi connectivity index (χ3n) is 1.65. The Hall–Kier alpha value is 0.840. The Balaban J connectivity index is 0. The van der Waals surface area contributed by atoms with Crippen LogP contribution in [-0.2, 0) is 20.2 Å². The van der Waals surface area contributed by atoms with E-state index in [1.807, 2.05) is 0 Å². The van der Waals surface area contributed by atoms with E-state index in [0.717, 1.165) is 0 Å².